The van der Waals surface area contributed by atoms with E-state index < -0.39 is 0 Å². The van der Waals surface area contributed by atoms with Crippen LogP contribution < -0.4 is 10.6 Å². The van der Waals surface area contributed by atoms with Gasteiger partial charge in [-0.05, 0) is 36.8 Å². The van der Waals surface area contributed by atoms with Crippen molar-refractivity contribution in [3.05, 3.63) is 58.1 Å². The van der Waals surface area contributed by atoms with Crippen LogP contribution in [0.5, 0.6) is 0 Å². The molecule has 0 saturated carbocycles. The van der Waals surface area contributed by atoms with E-state index in [-0.39, 0.29) is 6.04 Å². The fourth-order valence-electron chi connectivity index (χ4n) is 2.06. The lowest BCUT2D eigenvalue weighted by Crippen LogP contribution is -2.23. The molecule has 100 valence electrons. The molecule has 0 amide bonds. The zero-order valence-electron chi connectivity index (χ0n) is 10.9. The molecule has 2 aromatic carbocycles. The number of hydrogen-bond acceptors (Lipinski definition) is 2. The summed E-state index contributed by atoms with van der Waals surface area (Å²) >= 11 is 12.1. The Morgan fingerprint density at radius 1 is 1.05 bits per heavy atom. The molecule has 0 aliphatic rings. The molecule has 0 aliphatic carbocycles. The highest BCUT2D eigenvalue weighted by molar-refractivity contribution is 6.34. The van der Waals surface area contributed by atoms with Gasteiger partial charge in [-0.3, -0.25) is 0 Å². The van der Waals surface area contributed by atoms with Gasteiger partial charge in [-0.15, -0.1) is 0 Å². The largest absolute Gasteiger partial charge is 0.397 e. The second-order valence-electron chi connectivity index (χ2n) is 4.52. The third kappa shape index (κ3) is 2.96. The summed E-state index contributed by atoms with van der Waals surface area (Å²) in [7, 11) is 1.98. The molecule has 0 bridgehead atoms. The van der Waals surface area contributed by atoms with E-state index >= 15 is 0 Å². The third-order valence-corrected chi connectivity index (χ3v) is 3.86. The maximum absolute atomic E-state index is 6.24. The van der Waals surface area contributed by atoms with Crippen LogP contribution in [0.15, 0.2) is 42.5 Å². The van der Waals surface area contributed by atoms with E-state index in [0.29, 0.717) is 10.7 Å². The summed E-state index contributed by atoms with van der Waals surface area (Å²) in [4.78, 5) is 2.07. The zero-order chi connectivity index (χ0) is 14.0. The van der Waals surface area contributed by atoms with E-state index in [1.807, 2.05) is 49.5 Å². The Kier molecular flexibility index (Phi) is 4.23. The van der Waals surface area contributed by atoms with Gasteiger partial charge in [0.2, 0.25) is 0 Å². The Balaban J connectivity index is 2.33. The highest BCUT2D eigenvalue weighted by atomic mass is 35.5. The van der Waals surface area contributed by atoms with Gasteiger partial charge in [-0.2, -0.15) is 0 Å². The standard InChI is InChI=1S/C15H16Cl2N2/c1-10(11-6-8-12(16)9-7-11)19(2)15-13(17)4-3-5-14(15)18/h3-10H,18H2,1-2H3. The Hall–Kier alpha value is -1.38. The van der Waals surface area contributed by atoms with Crippen LogP contribution in [0.2, 0.25) is 10.0 Å². The highest BCUT2D eigenvalue weighted by Gasteiger charge is 2.16. The first-order valence-corrected chi connectivity index (χ1v) is 6.78. The molecule has 0 radical (unpaired) electrons. The van der Waals surface area contributed by atoms with Gasteiger partial charge in [0.15, 0.2) is 0 Å². The summed E-state index contributed by atoms with van der Waals surface area (Å²) in [5.41, 5.74) is 8.70. The topological polar surface area (TPSA) is 29.3 Å². The number of halogens is 2. The second kappa shape index (κ2) is 5.72. The number of nitrogen functional groups attached to an aromatic ring is 1. The first kappa shape index (κ1) is 14.0. The minimum atomic E-state index is 0.152. The van der Waals surface area contributed by atoms with Crippen molar-refractivity contribution >= 4 is 34.6 Å². The fraction of sp³-hybridized carbons (Fsp3) is 0.200. The lowest BCUT2D eigenvalue weighted by molar-refractivity contribution is 0.741. The SMILES string of the molecule is CC(c1ccc(Cl)cc1)N(C)c1c(N)cccc1Cl. The minimum absolute atomic E-state index is 0.152. The predicted octanol–water partition coefficient (Wildman–Crippen LogP) is 4.77. The van der Waals surface area contributed by atoms with Gasteiger partial charge in [-0.1, -0.05) is 41.4 Å². The van der Waals surface area contributed by atoms with Gasteiger partial charge in [0.25, 0.3) is 0 Å². The molecule has 2 rings (SSSR count). The van der Waals surface area contributed by atoms with Crippen LogP contribution in [0.3, 0.4) is 0 Å². The second-order valence-corrected chi connectivity index (χ2v) is 5.36. The number of anilines is 2. The number of hydrogen-bond donors (Lipinski definition) is 1. The summed E-state index contributed by atoms with van der Waals surface area (Å²) in [6, 6.07) is 13.5. The number of nitrogens with two attached hydrogens (primary N) is 1. The molecule has 0 saturated heterocycles. The third-order valence-electron chi connectivity index (χ3n) is 3.30. The summed E-state index contributed by atoms with van der Waals surface area (Å²) in [5.74, 6) is 0. The van der Waals surface area contributed by atoms with Crippen molar-refractivity contribution < 1.29 is 0 Å². The summed E-state index contributed by atoms with van der Waals surface area (Å²) in [5, 5.41) is 1.39. The van der Waals surface area contributed by atoms with Gasteiger partial charge >= 0.3 is 0 Å². The molecule has 19 heavy (non-hydrogen) atoms. The quantitative estimate of drug-likeness (QED) is 0.826. The van der Waals surface area contributed by atoms with Crippen LogP contribution in [-0.4, -0.2) is 7.05 Å². The van der Waals surface area contributed by atoms with Gasteiger partial charge in [0.1, 0.15) is 0 Å². The van der Waals surface area contributed by atoms with Crippen LogP contribution in [0, 0.1) is 0 Å². The van der Waals surface area contributed by atoms with Crippen molar-refractivity contribution in [1.82, 2.24) is 0 Å². The lowest BCUT2D eigenvalue weighted by Gasteiger charge is -2.29. The zero-order valence-corrected chi connectivity index (χ0v) is 12.4. The van der Waals surface area contributed by atoms with E-state index in [1.54, 1.807) is 0 Å². The number of para-hydroxylation sites is 1. The molecular weight excluding hydrogens is 279 g/mol. The first-order chi connectivity index (χ1) is 9.00. The number of benzene rings is 2. The highest BCUT2D eigenvalue weighted by Crippen LogP contribution is 2.35. The smallest absolute Gasteiger partial charge is 0.0791 e. The van der Waals surface area contributed by atoms with Crippen LogP contribution in [0.25, 0.3) is 0 Å². The maximum Gasteiger partial charge on any atom is 0.0791 e. The van der Waals surface area contributed by atoms with Crippen LogP contribution in [-0.2, 0) is 0 Å². The van der Waals surface area contributed by atoms with Crippen LogP contribution >= 0.6 is 23.2 Å². The van der Waals surface area contributed by atoms with Gasteiger partial charge in [-0.25, -0.2) is 0 Å². The van der Waals surface area contributed by atoms with Crippen molar-refractivity contribution in [1.29, 1.82) is 0 Å². The molecule has 2 aromatic rings. The van der Waals surface area contributed by atoms with Crippen molar-refractivity contribution in [2.45, 2.75) is 13.0 Å². The van der Waals surface area contributed by atoms with Crippen molar-refractivity contribution in [2.75, 3.05) is 17.7 Å². The Bertz CT molecular complexity index is 547. The molecule has 0 aliphatic heterocycles. The molecule has 2 N–H and O–H groups in total. The molecular formula is C15H16Cl2N2. The average molecular weight is 295 g/mol. The van der Waals surface area contributed by atoms with E-state index in [4.69, 9.17) is 28.9 Å². The van der Waals surface area contributed by atoms with Gasteiger partial charge < -0.3 is 10.6 Å². The predicted molar refractivity (Wildman–Crippen MR) is 84.1 cm³/mol. The Morgan fingerprint density at radius 3 is 2.26 bits per heavy atom. The van der Waals surface area contributed by atoms with Crippen LogP contribution in [0.1, 0.15) is 18.5 Å². The van der Waals surface area contributed by atoms with E-state index in [9.17, 15) is 0 Å². The van der Waals surface area contributed by atoms with Gasteiger partial charge in [0, 0.05) is 12.1 Å². The van der Waals surface area contributed by atoms with Crippen molar-refractivity contribution in [3.8, 4) is 0 Å². The molecule has 0 aromatic heterocycles. The molecule has 4 heteroatoms. The summed E-state index contributed by atoms with van der Waals surface area (Å²) < 4.78 is 0. The molecule has 1 atom stereocenters. The lowest BCUT2D eigenvalue weighted by atomic mass is 10.1. The normalized spacial score (nSPS) is 12.2. The molecule has 0 spiro atoms. The Morgan fingerprint density at radius 2 is 1.68 bits per heavy atom. The monoisotopic (exact) mass is 294 g/mol. The molecule has 1 unspecified atom stereocenters. The first-order valence-electron chi connectivity index (χ1n) is 6.03. The minimum Gasteiger partial charge on any atom is -0.397 e. The number of rotatable bonds is 3. The maximum atomic E-state index is 6.24. The Labute approximate surface area is 123 Å². The fourth-order valence-corrected chi connectivity index (χ4v) is 2.50. The molecule has 2 nitrogen and oxygen atoms in total. The summed E-state index contributed by atoms with van der Waals surface area (Å²) in [6.45, 7) is 2.10. The average Bonchev–Trinajstić information content (AvgIpc) is 2.38. The molecule has 0 fully saturated rings. The van der Waals surface area contributed by atoms with E-state index in [0.717, 1.165) is 16.3 Å². The van der Waals surface area contributed by atoms with Crippen LogP contribution in [0.4, 0.5) is 11.4 Å². The van der Waals surface area contributed by atoms with E-state index in [1.165, 1.54) is 0 Å². The number of nitrogens with zero attached hydrogens (tertiary/aromatic N) is 1. The van der Waals surface area contributed by atoms with Crippen molar-refractivity contribution in [2.24, 2.45) is 0 Å². The van der Waals surface area contributed by atoms with E-state index in [2.05, 4.69) is 11.8 Å². The molecule has 0 heterocycles. The summed E-state index contributed by atoms with van der Waals surface area (Å²) in [6.07, 6.45) is 0. The van der Waals surface area contributed by atoms with Crippen molar-refractivity contribution in [3.63, 3.8) is 0 Å². The van der Waals surface area contributed by atoms with Gasteiger partial charge in [0.05, 0.1) is 22.4 Å².